The smallest absolute Gasteiger partial charge is 0.297 e. The number of rotatable bonds is 12. The van der Waals surface area contributed by atoms with E-state index < -0.39 is 12.2 Å². The van der Waals surface area contributed by atoms with Gasteiger partial charge in [-0.1, -0.05) is 48.5 Å². The van der Waals surface area contributed by atoms with Gasteiger partial charge in [0.15, 0.2) is 11.6 Å². The zero-order chi connectivity index (χ0) is 39.6. The van der Waals surface area contributed by atoms with E-state index in [1.165, 1.54) is 0 Å². The molecule has 0 bridgehead atoms. The van der Waals surface area contributed by atoms with Crippen molar-refractivity contribution in [1.82, 2.24) is 24.8 Å². The summed E-state index contributed by atoms with van der Waals surface area (Å²) < 4.78 is 28.0. The van der Waals surface area contributed by atoms with Crippen LogP contribution in [0, 0.1) is 31.6 Å². The molecule has 58 heavy (non-hydrogen) atoms. The van der Waals surface area contributed by atoms with Crippen molar-refractivity contribution in [3.8, 4) is 17.2 Å². The van der Waals surface area contributed by atoms with E-state index >= 15 is 0 Å². The number of benzene rings is 3. The summed E-state index contributed by atoms with van der Waals surface area (Å²) in [5.41, 5.74) is 10.1. The Balaban J connectivity index is 0.00000183. The molecule has 2 aliphatic rings. The average molecular weight is 1020 g/mol. The molecule has 5 aromatic rings. The maximum atomic E-state index is 14.0. The number of nitrogens with zero attached hydrogens (tertiary/aromatic N) is 7. The van der Waals surface area contributed by atoms with Gasteiger partial charge in [0.2, 0.25) is 0 Å². The number of aliphatic hydroxyl groups excluding tert-OH is 1. The third kappa shape index (κ3) is 10.3. The number of aliphatic hydroxyl groups is 1. The third-order valence-electron chi connectivity index (χ3n) is 10.8. The number of aliphatic imine (C=N–C) groups is 1. The number of anilines is 2. The molecule has 12 heteroatoms. The van der Waals surface area contributed by atoms with Gasteiger partial charge in [0.1, 0.15) is 5.52 Å². The van der Waals surface area contributed by atoms with Gasteiger partial charge in [-0.3, -0.25) is 19.8 Å². The molecule has 2 aliphatic heterocycles. The molecule has 3 aromatic carbocycles. The van der Waals surface area contributed by atoms with E-state index in [1.807, 2.05) is 42.5 Å². The van der Waals surface area contributed by atoms with Crippen LogP contribution in [0.1, 0.15) is 71.3 Å². The van der Waals surface area contributed by atoms with Crippen molar-refractivity contribution in [3.05, 3.63) is 132 Å². The number of allylic oxidation sites excluding steroid dienone is 1. The molecule has 4 heterocycles. The van der Waals surface area contributed by atoms with Gasteiger partial charge in [-0.05, 0) is 128 Å². The van der Waals surface area contributed by atoms with E-state index in [1.54, 1.807) is 13.2 Å². The van der Waals surface area contributed by atoms with Gasteiger partial charge in [-0.15, -0.1) is 6.58 Å². The fourth-order valence-corrected chi connectivity index (χ4v) is 7.77. The predicted molar refractivity (Wildman–Crippen MR) is 227 cm³/mol. The number of likely N-dealkylation sites (tertiary alicyclic amines) is 2. The van der Waals surface area contributed by atoms with E-state index in [9.17, 15) is 14.0 Å². The monoisotopic (exact) mass is 1010 g/mol. The number of hydrogen-bond acceptors (Lipinski definition) is 9. The van der Waals surface area contributed by atoms with Crippen LogP contribution in [0.5, 0.6) is 0 Å². The second kappa shape index (κ2) is 20.7. The first-order valence-electron chi connectivity index (χ1n) is 19.2. The second-order valence-electron chi connectivity index (χ2n) is 14.4. The number of nitrogens with one attached hydrogen (secondary N) is 1. The van der Waals surface area contributed by atoms with Gasteiger partial charge >= 0.3 is 0 Å². The number of piperidine rings is 1. The first-order chi connectivity index (χ1) is 27.3. The normalized spacial score (nSPS) is 14.9. The summed E-state index contributed by atoms with van der Waals surface area (Å²) in [6.07, 6.45) is 6.14. The number of alkyl halides is 2. The van der Waals surface area contributed by atoms with Gasteiger partial charge in [-0.2, -0.15) is 5.26 Å². The van der Waals surface area contributed by atoms with Crippen LogP contribution in [0.25, 0.3) is 22.2 Å². The Morgan fingerprint density at radius 1 is 0.983 bits per heavy atom. The van der Waals surface area contributed by atoms with Crippen molar-refractivity contribution in [2.45, 2.75) is 58.5 Å². The topological polar surface area (TPSA) is 114 Å². The van der Waals surface area contributed by atoms with Crippen molar-refractivity contribution in [2.75, 3.05) is 45.7 Å². The number of aromatic nitrogens is 3. The molecule has 306 valence electrons. The molecule has 0 spiro atoms. The molecule has 0 saturated carbocycles. The molecule has 2 aromatic heterocycles. The second-order valence-corrected chi connectivity index (χ2v) is 14.4. The molecule has 9 nitrogen and oxygen atoms in total. The standard InChI is InChI=1S/C44H46F2N8.CH4O.CH3.Cm/c1-4-30-15-19-54(20-16-30)27-31-13-14-33(35(21-31)25-47)24-39(48-3)38-12-8-11-37(29(38)2)34-9-7-10-36(23-34)50-43-41-40(51-44(52-43)42(45)46)22-32(26-49-41)28-53-17-5-6-18-53;1-2;;/h4,7-14,21-23,26,30,42H,1,5-6,15-20,24,27-28H2,2-3H3,(H,50,51,52);2H,1H3;1H3;/q;;-1;. The molecule has 0 radical (unpaired) electrons. The van der Waals surface area contributed by atoms with Crippen LogP contribution < -0.4 is 5.32 Å². The van der Waals surface area contributed by atoms with Crippen LogP contribution in [0.15, 0.2) is 90.6 Å². The SMILES string of the molecule is C=CC1CCN(Cc2ccc(CC(=NC)c3cccc(-c4cccc(Nc5nc(C(F)F)nc6cc(CN7CCCC7)cnc56)c4)c3C)c(C#N)c2)CC1.CO.[CH3-].[Cm]. The first-order valence-corrected chi connectivity index (χ1v) is 19.2. The molecule has 0 atom stereocenters. The van der Waals surface area contributed by atoms with Crippen LogP contribution in [0.2, 0.25) is 0 Å². The summed E-state index contributed by atoms with van der Waals surface area (Å²) in [4.78, 5) is 22.5. The van der Waals surface area contributed by atoms with Crippen molar-refractivity contribution in [3.63, 3.8) is 0 Å². The zero-order valence-electron chi connectivity index (χ0n) is 33.8. The first kappa shape index (κ1) is 44.3. The fourth-order valence-electron chi connectivity index (χ4n) is 7.77. The Hall–Kier alpha value is -6.41. The van der Waals surface area contributed by atoms with E-state index in [2.05, 4.69) is 80.0 Å². The molecule has 7 rings (SSSR count). The average Bonchev–Trinajstić information content (AvgIpc) is 3.74. The minimum atomic E-state index is -2.82. The molecular formula is C46H53CmF2N8O-. The Morgan fingerprint density at radius 2 is 1.69 bits per heavy atom. The van der Waals surface area contributed by atoms with Gasteiger partial charge < -0.3 is 17.8 Å². The van der Waals surface area contributed by atoms with Gasteiger partial charge in [0.05, 0.1) is 17.1 Å². The van der Waals surface area contributed by atoms with Crippen molar-refractivity contribution < 1.29 is 13.9 Å². The zero-order valence-corrected chi connectivity index (χ0v) is 36.8. The van der Waals surface area contributed by atoms with Crippen LogP contribution in [0.3, 0.4) is 0 Å². The van der Waals surface area contributed by atoms with E-state index in [4.69, 9.17) is 10.1 Å². The predicted octanol–water partition coefficient (Wildman–Crippen LogP) is 9.27. The van der Waals surface area contributed by atoms with Crippen LogP contribution >= 0.6 is 0 Å². The Bertz CT molecular complexity index is 2230. The largest absolute Gasteiger partial charge is 0.400 e. The number of pyridine rings is 1. The summed E-state index contributed by atoms with van der Waals surface area (Å²) in [6.45, 7) is 11.7. The van der Waals surface area contributed by atoms with Gasteiger partial charge in [0, 0.05) is 51.3 Å². The van der Waals surface area contributed by atoms with Crippen molar-refractivity contribution >= 4 is 28.3 Å². The minimum absolute atomic E-state index is 0. The summed E-state index contributed by atoms with van der Waals surface area (Å²) in [5, 5.41) is 20.4. The summed E-state index contributed by atoms with van der Waals surface area (Å²) >= 11 is 0. The molecule has 2 saturated heterocycles. The number of nitriles is 1. The Labute approximate surface area is 335 Å². The molecule has 2 N–H and O–H groups in total. The van der Waals surface area contributed by atoms with Gasteiger partial charge in [0.25, 0.3) is 6.43 Å². The summed E-state index contributed by atoms with van der Waals surface area (Å²) in [6, 6.07) is 24.5. The molecule has 0 aliphatic carbocycles. The maximum Gasteiger partial charge on any atom is 0.297 e. The Morgan fingerprint density at radius 3 is 2.38 bits per heavy atom. The van der Waals surface area contributed by atoms with Crippen molar-refractivity contribution in [1.29, 1.82) is 5.26 Å². The van der Waals surface area contributed by atoms with E-state index in [0.717, 1.165) is 110 Å². The molecule has 0 unspecified atom stereocenters. The minimum Gasteiger partial charge on any atom is -0.400 e. The Kier molecular flexibility index (Phi) is 15.8. The number of hydrogen-bond donors (Lipinski definition) is 2. The summed E-state index contributed by atoms with van der Waals surface area (Å²) in [5.74, 6) is 0.300. The molecule has 0 amide bonds. The van der Waals surface area contributed by atoms with E-state index in [0.29, 0.717) is 41.2 Å². The summed E-state index contributed by atoms with van der Waals surface area (Å²) in [7, 11) is 2.79. The van der Waals surface area contributed by atoms with E-state index in [-0.39, 0.29) is 13.2 Å². The number of halogens is 2. The van der Waals surface area contributed by atoms with Gasteiger partial charge in [-0.25, -0.2) is 18.7 Å². The fraction of sp³-hybridized carbons (Fsp3) is 0.348. The number of fused-ring (bicyclic) bond motifs is 1. The van der Waals surface area contributed by atoms with Crippen LogP contribution in [-0.2, 0) is 19.5 Å². The van der Waals surface area contributed by atoms with Crippen LogP contribution in [0.4, 0.5) is 20.3 Å². The van der Waals surface area contributed by atoms with Crippen LogP contribution in [-0.4, -0.2) is 75.9 Å². The molecule has 2 fully saturated rings. The quantitative estimate of drug-likeness (QED) is 0.0723. The molecular weight excluding hydrogens is 966 g/mol. The van der Waals surface area contributed by atoms with Crippen molar-refractivity contribution in [2.24, 2.45) is 10.9 Å². The maximum absolute atomic E-state index is 14.0. The third-order valence-corrected chi connectivity index (χ3v) is 10.8.